The molecule has 2 aliphatic rings. The lowest BCUT2D eigenvalue weighted by atomic mass is 9.61. The molecule has 1 aromatic carbocycles. The Morgan fingerprint density at radius 3 is 2.57 bits per heavy atom. The number of pyridine rings is 1. The molecule has 1 N–H and O–H groups in total. The first-order chi connectivity index (χ1) is 13.3. The van der Waals surface area contributed by atoms with Crippen molar-refractivity contribution in [2.45, 2.75) is 45.7 Å². The monoisotopic (exact) mass is 375 g/mol. The lowest BCUT2D eigenvalue weighted by molar-refractivity contribution is -0.118. The van der Waals surface area contributed by atoms with Crippen molar-refractivity contribution in [1.29, 1.82) is 5.26 Å². The molecular formula is C23H22FN3O. The molecule has 0 saturated heterocycles. The van der Waals surface area contributed by atoms with Crippen LogP contribution in [0, 0.1) is 16.7 Å². The highest BCUT2D eigenvalue weighted by atomic mass is 19.1. The second kappa shape index (κ2) is 6.27. The highest BCUT2D eigenvalue weighted by Gasteiger charge is 2.49. The molecule has 0 radical (unpaired) electrons. The summed E-state index contributed by atoms with van der Waals surface area (Å²) in [7, 11) is 0. The van der Waals surface area contributed by atoms with Crippen molar-refractivity contribution in [2.75, 3.05) is 5.32 Å². The third-order valence-corrected chi connectivity index (χ3v) is 5.91. The van der Waals surface area contributed by atoms with Crippen molar-refractivity contribution < 1.29 is 9.18 Å². The molecule has 1 aliphatic carbocycles. The van der Waals surface area contributed by atoms with Crippen molar-refractivity contribution in [3.8, 4) is 6.07 Å². The minimum Gasteiger partial charge on any atom is -0.343 e. The summed E-state index contributed by atoms with van der Waals surface area (Å²) in [5, 5.41) is 13.2. The number of hydrogen-bond acceptors (Lipinski definition) is 4. The van der Waals surface area contributed by atoms with Gasteiger partial charge in [0.15, 0.2) is 5.78 Å². The number of nitrogens with zero attached hydrogens (tertiary/aromatic N) is 2. The number of rotatable bonds is 2. The number of fused-ring (bicyclic) bond motifs is 1. The summed E-state index contributed by atoms with van der Waals surface area (Å²) in [4.78, 5) is 17.8. The second-order valence-corrected chi connectivity index (χ2v) is 8.54. The quantitative estimate of drug-likeness (QED) is 0.819. The number of carbonyl (C=O) groups excluding carboxylic acids is 1. The SMILES string of the molecule is CC1(C)CC(=O)C2=C(C1)Nc1ncc(CF)c(C#N)c1C2(C)c1ccccc1. The summed E-state index contributed by atoms with van der Waals surface area (Å²) >= 11 is 0. The van der Waals surface area contributed by atoms with Crippen LogP contribution in [-0.2, 0) is 16.9 Å². The highest BCUT2D eigenvalue weighted by molar-refractivity contribution is 6.03. The first kappa shape index (κ1) is 18.4. The maximum absolute atomic E-state index is 13.6. The topological polar surface area (TPSA) is 65.8 Å². The first-order valence-electron chi connectivity index (χ1n) is 9.39. The van der Waals surface area contributed by atoms with Crippen LogP contribution in [-0.4, -0.2) is 10.8 Å². The molecule has 0 amide bonds. The van der Waals surface area contributed by atoms with Gasteiger partial charge in [0, 0.05) is 35.0 Å². The van der Waals surface area contributed by atoms with Crippen LogP contribution in [0.15, 0.2) is 47.8 Å². The number of alkyl halides is 1. The Morgan fingerprint density at radius 2 is 1.93 bits per heavy atom. The van der Waals surface area contributed by atoms with E-state index < -0.39 is 12.1 Å². The smallest absolute Gasteiger partial charge is 0.162 e. The standard InChI is InChI=1S/C23H22FN3O/c1-22(2)9-17-20(18(28)10-22)23(3,15-7-5-4-6-8-15)19-16(12-25)14(11-24)13-26-21(19)27-17/h4-8,13H,9-11H2,1-3H3,(H,26,27). The van der Waals surface area contributed by atoms with Gasteiger partial charge in [-0.15, -0.1) is 0 Å². The van der Waals surface area contributed by atoms with Gasteiger partial charge in [-0.05, 0) is 24.3 Å². The molecule has 2 heterocycles. The van der Waals surface area contributed by atoms with E-state index >= 15 is 0 Å². The number of aromatic nitrogens is 1. The number of allylic oxidation sites excluding steroid dienone is 2. The van der Waals surface area contributed by atoms with Gasteiger partial charge >= 0.3 is 0 Å². The largest absolute Gasteiger partial charge is 0.343 e. The summed E-state index contributed by atoms with van der Waals surface area (Å²) in [5.74, 6) is 0.592. The zero-order valence-corrected chi connectivity index (χ0v) is 16.3. The molecule has 1 unspecified atom stereocenters. The van der Waals surface area contributed by atoms with Crippen LogP contribution < -0.4 is 5.32 Å². The number of carbonyl (C=O) groups is 1. The van der Waals surface area contributed by atoms with Gasteiger partial charge in [-0.2, -0.15) is 5.26 Å². The van der Waals surface area contributed by atoms with E-state index in [-0.39, 0.29) is 22.3 Å². The van der Waals surface area contributed by atoms with Gasteiger partial charge < -0.3 is 5.32 Å². The zero-order chi connectivity index (χ0) is 20.1. The van der Waals surface area contributed by atoms with Crippen LogP contribution in [0.25, 0.3) is 0 Å². The molecule has 0 spiro atoms. The van der Waals surface area contributed by atoms with Gasteiger partial charge in [0.25, 0.3) is 0 Å². The Labute approximate surface area is 164 Å². The van der Waals surface area contributed by atoms with Gasteiger partial charge in [0.05, 0.1) is 11.0 Å². The third-order valence-electron chi connectivity index (χ3n) is 5.91. The predicted molar refractivity (Wildman–Crippen MR) is 105 cm³/mol. The number of anilines is 1. The number of ketones is 1. The molecule has 4 nitrogen and oxygen atoms in total. The number of nitriles is 1. The van der Waals surface area contributed by atoms with Crippen LogP contribution in [0.4, 0.5) is 10.2 Å². The summed E-state index contributed by atoms with van der Waals surface area (Å²) in [6, 6.07) is 11.8. The molecule has 5 heteroatoms. The summed E-state index contributed by atoms with van der Waals surface area (Å²) < 4.78 is 13.6. The van der Waals surface area contributed by atoms with Crippen LogP contribution in [0.5, 0.6) is 0 Å². The van der Waals surface area contributed by atoms with Crippen LogP contribution in [0.2, 0.25) is 0 Å². The summed E-state index contributed by atoms with van der Waals surface area (Å²) in [5.41, 5.74) is 2.48. The molecule has 0 bridgehead atoms. The van der Waals surface area contributed by atoms with Gasteiger partial charge in [0.1, 0.15) is 18.6 Å². The minimum atomic E-state index is -0.867. The number of hydrogen-bond donors (Lipinski definition) is 1. The Hall–Kier alpha value is -3.00. The van der Waals surface area contributed by atoms with E-state index in [1.165, 1.54) is 6.20 Å². The fourth-order valence-corrected chi connectivity index (χ4v) is 4.70. The van der Waals surface area contributed by atoms with Crippen LogP contribution in [0.1, 0.15) is 55.9 Å². The second-order valence-electron chi connectivity index (χ2n) is 8.54. The number of halogens is 1. The average molecular weight is 375 g/mol. The molecule has 2 aromatic rings. The van der Waals surface area contributed by atoms with Crippen molar-refractivity contribution in [1.82, 2.24) is 4.98 Å². The zero-order valence-electron chi connectivity index (χ0n) is 16.3. The lowest BCUT2D eigenvalue weighted by Crippen LogP contribution is -2.43. The Bertz CT molecular complexity index is 1050. The molecule has 142 valence electrons. The van der Waals surface area contributed by atoms with Crippen molar-refractivity contribution in [3.05, 3.63) is 70.1 Å². The van der Waals surface area contributed by atoms with Crippen molar-refractivity contribution in [2.24, 2.45) is 5.41 Å². The number of Topliss-reactive ketones (excluding diaryl/α,β-unsaturated/α-hetero) is 1. The predicted octanol–water partition coefficient (Wildman–Crippen LogP) is 4.80. The molecule has 0 fully saturated rings. The highest BCUT2D eigenvalue weighted by Crippen LogP contribution is 2.53. The van der Waals surface area contributed by atoms with E-state index in [1.807, 2.05) is 37.3 Å². The Morgan fingerprint density at radius 1 is 1.21 bits per heavy atom. The van der Waals surface area contributed by atoms with E-state index in [0.717, 1.165) is 11.3 Å². The molecule has 1 atom stereocenters. The maximum atomic E-state index is 13.6. The number of benzene rings is 1. The molecule has 28 heavy (non-hydrogen) atoms. The molecular weight excluding hydrogens is 353 g/mol. The third kappa shape index (κ3) is 2.56. The summed E-state index contributed by atoms with van der Waals surface area (Å²) in [6.07, 6.45) is 2.56. The van der Waals surface area contributed by atoms with Gasteiger partial charge in [-0.3, -0.25) is 4.79 Å². The molecule has 0 saturated carbocycles. The average Bonchev–Trinajstić information content (AvgIpc) is 2.66. The van der Waals surface area contributed by atoms with Crippen molar-refractivity contribution >= 4 is 11.6 Å². The first-order valence-corrected chi connectivity index (χ1v) is 9.39. The van der Waals surface area contributed by atoms with E-state index in [2.05, 4.69) is 30.2 Å². The molecule has 1 aromatic heterocycles. The molecule has 1 aliphatic heterocycles. The van der Waals surface area contributed by atoms with Crippen LogP contribution >= 0.6 is 0 Å². The summed E-state index contributed by atoms with van der Waals surface area (Å²) in [6.45, 7) is 5.33. The van der Waals surface area contributed by atoms with Crippen molar-refractivity contribution in [3.63, 3.8) is 0 Å². The van der Waals surface area contributed by atoms with E-state index in [0.29, 0.717) is 29.8 Å². The van der Waals surface area contributed by atoms with Crippen LogP contribution in [0.3, 0.4) is 0 Å². The number of nitrogens with one attached hydrogen (secondary N) is 1. The van der Waals surface area contributed by atoms with E-state index in [9.17, 15) is 14.4 Å². The Kier molecular flexibility index (Phi) is 4.11. The van der Waals surface area contributed by atoms with Gasteiger partial charge in [-0.25, -0.2) is 9.37 Å². The fraction of sp³-hybridized carbons (Fsp3) is 0.348. The van der Waals surface area contributed by atoms with Gasteiger partial charge in [0.2, 0.25) is 0 Å². The lowest BCUT2D eigenvalue weighted by Gasteiger charge is -2.45. The fourth-order valence-electron chi connectivity index (χ4n) is 4.70. The normalized spacial score (nSPS) is 22.8. The van der Waals surface area contributed by atoms with E-state index in [4.69, 9.17) is 0 Å². The molecule has 4 rings (SSSR count). The Balaban J connectivity index is 2.09. The van der Waals surface area contributed by atoms with Gasteiger partial charge in [-0.1, -0.05) is 44.2 Å². The van der Waals surface area contributed by atoms with E-state index in [1.54, 1.807) is 0 Å². The minimum absolute atomic E-state index is 0.0605. The maximum Gasteiger partial charge on any atom is 0.162 e.